The number of hydrogen-bond donors (Lipinski definition) is 4. The summed E-state index contributed by atoms with van der Waals surface area (Å²) < 4.78 is 5.44. The number of ether oxygens (including phenoxy) is 1. The molecule has 2 heterocycles. The molecule has 1 aliphatic rings. The van der Waals surface area contributed by atoms with Gasteiger partial charge in [-0.3, -0.25) is 14.5 Å². The molecule has 242 valence electrons. The molecule has 2 aromatic carbocycles. The molecule has 0 aliphatic carbocycles. The number of aliphatic hydroxyl groups is 1. The normalized spacial score (nSPS) is 18.1. The zero-order valence-corrected chi connectivity index (χ0v) is 26.7. The van der Waals surface area contributed by atoms with E-state index in [-0.39, 0.29) is 42.6 Å². The number of rotatable bonds is 14. The summed E-state index contributed by atoms with van der Waals surface area (Å²) in [6.07, 6.45) is 0.130. The molecule has 4 rings (SSSR count). The van der Waals surface area contributed by atoms with E-state index in [4.69, 9.17) is 4.74 Å². The first-order valence-corrected chi connectivity index (χ1v) is 15.9. The Morgan fingerprint density at radius 1 is 0.911 bits per heavy atom. The van der Waals surface area contributed by atoms with Gasteiger partial charge in [-0.15, -0.1) is 0 Å². The minimum atomic E-state index is -0.734. The van der Waals surface area contributed by atoms with Crippen LogP contribution in [0.2, 0.25) is 0 Å². The standard InChI is InChI=1S/C35H47N5O5/c1-23(2)16-28(37-35(44)45-22-25-10-6-5-7-11-25)20-40-19-27(32(41)21-40)18-36-33(42)31(17-24(3)4)39-34(43)30-15-14-26-12-8-9-13-29(26)38-30/h5-15,23-24,27-28,31-32,41H,16-22H2,1-4H3,(H,36,42)(H,37,44)(H,39,43)/t27?,28-,31-,32?/m0/s1. The molecular formula is C35H47N5O5. The molecule has 0 bridgehead atoms. The molecule has 1 fully saturated rings. The average molecular weight is 618 g/mol. The van der Waals surface area contributed by atoms with Crippen LogP contribution in [0, 0.1) is 17.8 Å². The number of aliphatic hydroxyl groups excluding tert-OH is 1. The van der Waals surface area contributed by atoms with Crippen molar-refractivity contribution in [3.8, 4) is 0 Å². The summed E-state index contributed by atoms with van der Waals surface area (Å²) in [5.74, 6) is -0.354. The van der Waals surface area contributed by atoms with Gasteiger partial charge in [0.1, 0.15) is 18.3 Å². The van der Waals surface area contributed by atoms with Gasteiger partial charge in [0.25, 0.3) is 5.91 Å². The molecule has 4 N–H and O–H groups in total. The number of fused-ring (bicyclic) bond motifs is 1. The van der Waals surface area contributed by atoms with Crippen molar-refractivity contribution in [1.29, 1.82) is 0 Å². The number of nitrogens with one attached hydrogen (secondary N) is 3. The molecule has 0 saturated carbocycles. The van der Waals surface area contributed by atoms with Crippen LogP contribution >= 0.6 is 0 Å². The van der Waals surface area contributed by atoms with Crippen LogP contribution in [-0.4, -0.2) is 77.3 Å². The van der Waals surface area contributed by atoms with E-state index >= 15 is 0 Å². The number of para-hydroxylation sites is 1. The average Bonchev–Trinajstić information content (AvgIpc) is 3.36. The lowest BCUT2D eigenvalue weighted by atomic mass is 10.0. The predicted octanol–water partition coefficient (Wildman–Crippen LogP) is 4.13. The van der Waals surface area contributed by atoms with E-state index in [2.05, 4.69) is 39.7 Å². The number of aromatic nitrogens is 1. The van der Waals surface area contributed by atoms with Gasteiger partial charge in [-0.1, -0.05) is 82.3 Å². The van der Waals surface area contributed by atoms with Gasteiger partial charge in [-0.05, 0) is 42.4 Å². The largest absolute Gasteiger partial charge is 0.445 e. The summed E-state index contributed by atoms with van der Waals surface area (Å²) in [5.41, 5.74) is 1.89. The lowest BCUT2D eigenvalue weighted by Crippen LogP contribution is -2.49. The SMILES string of the molecule is CC(C)C[C@@H](CN1CC(O)C(CNC(=O)[C@H](CC(C)C)NC(=O)c2ccc3ccccc3n2)C1)NC(=O)OCc1ccccc1. The van der Waals surface area contributed by atoms with Crippen LogP contribution in [0.15, 0.2) is 66.7 Å². The Hall–Kier alpha value is -4.02. The van der Waals surface area contributed by atoms with Gasteiger partial charge in [-0.2, -0.15) is 0 Å². The third kappa shape index (κ3) is 10.5. The Morgan fingerprint density at radius 2 is 1.62 bits per heavy atom. The Bertz CT molecular complexity index is 1420. The summed E-state index contributed by atoms with van der Waals surface area (Å²) in [6.45, 7) is 10.2. The van der Waals surface area contributed by atoms with Gasteiger partial charge in [0.05, 0.1) is 11.6 Å². The number of benzene rings is 2. The highest BCUT2D eigenvalue weighted by Gasteiger charge is 2.34. The molecule has 3 amide bonds. The molecule has 10 heteroatoms. The fourth-order valence-electron chi connectivity index (χ4n) is 5.76. The van der Waals surface area contributed by atoms with Crippen molar-refractivity contribution in [2.24, 2.45) is 17.8 Å². The lowest BCUT2D eigenvalue weighted by molar-refractivity contribution is -0.123. The Morgan fingerprint density at radius 3 is 2.36 bits per heavy atom. The van der Waals surface area contributed by atoms with Crippen molar-refractivity contribution in [1.82, 2.24) is 25.8 Å². The third-order valence-corrected chi connectivity index (χ3v) is 7.95. The fourth-order valence-corrected chi connectivity index (χ4v) is 5.76. The molecule has 1 saturated heterocycles. The molecule has 0 spiro atoms. The molecule has 1 aliphatic heterocycles. The molecule has 2 unspecified atom stereocenters. The quantitative estimate of drug-likeness (QED) is 0.214. The summed E-state index contributed by atoms with van der Waals surface area (Å²) >= 11 is 0. The van der Waals surface area contributed by atoms with Crippen LogP contribution in [0.4, 0.5) is 4.79 Å². The first-order chi connectivity index (χ1) is 21.6. The topological polar surface area (TPSA) is 133 Å². The Balaban J connectivity index is 1.29. The van der Waals surface area contributed by atoms with Crippen LogP contribution in [0.1, 0.15) is 56.6 Å². The Kier molecular flexibility index (Phi) is 12.3. The van der Waals surface area contributed by atoms with Crippen LogP contribution in [0.3, 0.4) is 0 Å². The summed E-state index contributed by atoms with van der Waals surface area (Å²) in [5, 5.41) is 20.6. The molecule has 1 aromatic heterocycles. The number of alkyl carbamates (subject to hydrolysis) is 1. The molecule has 45 heavy (non-hydrogen) atoms. The van der Waals surface area contributed by atoms with Crippen molar-refractivity contribution in [3.63, 3.8) is 0 Å². The molecule has 0 radical (unpaired) electrons. The number of β-amino-alcohol motifs (C(OH)–C–C–N with tert-alkyl or cyclic N) is 1. The van der Waals surface area contributed by atoms with E-state index in [0.717, 1.165) is 17.4 Å². The van der Waals surface area contributed by atoms with Crippen molar-refractivity contribution < 1.29 is 24.2 Å². The zero-order chi connectivity index (χ0) is 32.3. The summed E-state index contributed by atoms with van der Waals surface area (Å²) in [6, 6.07) is 19.7. The molecule has 3 aromatic rings. The summed E-state index contributed by atoms with van der Waals surface area (Å²) in [7, 11) is 0. The summed E-state index contributed by atoms with van der Waals surface area (Å²) in [4.78, 5) is 45.5. The monoisotopic (exact) mass is 617 g/mol. The second-order valence-electron chi connectivity index (χ2n) is 12.9. The number of carbonyl (C=O) groups is 3. The van der Waals surface area contributed by atoms with Crippen LogP contribution < -0.4 is 16.0 Å². The lowest BCUT2D eigenvalue weighted by Gasteiger charge is -2.26. The molecular weight excluding hydrogens is 570 g/mol. The van der Waals surface area contributed by atoms with Crippen molar-refractivity contribution in [2.45, 2.75) is 65.3 Å². The van der Waals surface area contributed by atoms with E-state index in [9.17, 15) is 19.5 Å². The molecule has 4 atom stereocenters. The maximum atomic E-state index is 13.3. The van der Waals surface area contributed by atoms with Gasteiger partial charge in [0.15, 0.2) is 0 Å². The first kappa shape index (κ1) is 33.9. The van der Waals surface area contributed by atoms with E-state index in [1.807, 2.05) is 74.5 Å². The van der Waals surface area contributed by atoms with E-state index in [1.54, 1.807) is 6.07 Å². The number of carbonyl (C=O) groups excluding carboxylic acids is 3. The van der Waals surface area contributed by atoms with Crippen LogP contribution in [0.5, 0.6) is 0 Å². The van der Waals surface area contributed by atoms with E-state index in [1.165, 1.54) is 0 Å². The van der Waals surface area contributed by atoms with Crippen molar-refractivity contribution >= 4 is 28.8 Å². The highest BCUT2D eigenvalue weighted by Crippen LogP contribution is 2.19. The maximum absolute atomic E-state index is 13.3. The van der Waals surface area contributed by atoms with E-state index in [0.29, 0.717) is 37.5 Å². The fraction of sp³-hybridized carbons (Fsp3) is 0.486. The second-order valence-corrected chi connectivity index (χ2v) is 12.9. The number of pyridine rings is 1. The zero-order valence-electron chi connectivity index (χ0n) is 26.7. The van der Waals surface area contributed by atoms with E-state index < -0.39 is 24.1 Å². The minimum Gasteiger partial charge on any atom is -0.445 e. The second kappa shape index (κ2) is 16.3. The Labute approximate surface area is 265 Å². The van der Waals surface area contributed by atoms with Gasteiger partial charge in [0, 0.05) is 43.5 Å². The van der Waals surface area contributed by atoms with Gasteiger partial charge < -0.3 is 25.8 Å². The highest BCUT2D eigenvalue weighted by atomic mass is 16.5. The third-order valence-electron chi connectivity index (χ3n) is 7.95. The number of likely N-dealkylation sites (tertiary alicyclic amines) is 1. The maximum Gasteiger partial charge on any atom is 0.407 e. The van der Waals surface area contributed by atoms with Crippen molar-refractivity contribution in [3.05, 3.63) is 78.0 Å². The van der Waals surface area contributed by atoms with Gasteiger partial charge in [-0.25, -0.2) is 9.78 Å². The first-order valence-electron chi connectivity index (χ1n) is 15.9. The van der Waals surface area contributed by atoms with Crippen molar-refractivity contribution in [2.75, 3.05) is 26.2 Å². The number of nitrogens with zero attached hydrogens (tertiary/aromatic N) is 2. The van der Waals surface area contributed by atoms with Crippen LogP contribution in [-0.2, 0) is 16.1 Å². The smallest absolute Gasteiger partial charge is 0.407 e. The number of amides is 3. The number of hydrogen-bond acceptors (Lipinski definition) is 7. The predicted molar refractivity (Wildman–Crippen MR) is 174 cm³/mol. The van der Waals surface area contributed by atoms with Crippen LogP contribution in [0.25, 0.3) is 10.9 Å². The molecule has 10 nitrogen and oxygen atoms in total. The minimum absolute atomic E-state index is 0.150. The highest BCUT2D eigenvalue weighted by molar-refractivity contribution is 5.97. The van der Waals surface area contributed by atoms with Gasteiger partial charge in [0.2, 0.25) is 5.91 Å². The van der Waals surface area contributed by atoms with Gasteiger partial charge >= 0.3 is 6.09 Å².